The Hall–Kier alpha value is -4.74. The van der Waals surface area contributed by atoms with Gasteiger partial charge in [0.15, 0.2) is 23.0 Å². The van der Waals surface area contributed by atoms with Gasteiger partial charge in [0.25, 0.3) is 11.8 Å². The largest absolute Gasteiger partial charge is 0.502 e. The quantitative estimate of drug-likeness (QED) is 0.350. The van der Waals surface area contributed by atoms with Crippen molar-refractivity contribution in [1.82, 2.24) is 10.2 Å². The number of nitrogens with one attached hydrogen (secondary N) is 1. The van der Waals surface area contributed by atoms with Crippen molar-refractivity contribution in [2.75, 3.05) is 34.2 Å². The van der Waals surface area contributed by atoms with Gasteiger partial charge in [0.1, 0.15) is 0 Å². The summed E-state index contributed by atoms with van der Waals surface area (Å²) in [7, 11) is 2.89. The van der Waals surface area contributed by atoms with E-state index in [2.05, 4.69) is 5.32 Å². The second-order valence-electron chi connectivity index (χ2n) is 12.2. The lowest BCUT2D eigenvalue weighted by molar-refractivity contribution is -0.142. The van der Waals surface area contributed by atoms with Crippen LogP contribution in [0.15, 0.2) is 36.4 Å². The lowest BCUT2D eigenvalue weighted by Gasteiger charge is -2.40. The number of methoxy groups -OCH3 is 2. The first-order valence-electron chi connectivity index (χ1n) is 15.2. The number of cyclic esters (lactones) is 1. The third-order valence-electron chi connectivity index (χ3n) is 9.90. The minimum absolute atomic E-state index is 0.0591. The van der Waals surface area contributed by atoms with Crippen LogP contribution in [0.2, 0.25) is 0 Å². The highest BCUT2D eigenvalue weighted by molar-refractivity contribution is 6.12. The van der Waals surface area contributed by atoms with Crippen molar-refractivity contribution in [1.29, 1.82) is 0 Å². The van der Waals surface area contributed by atoms with E-state index in [1.54, 1.807) is 12.1 Å². The first kappa shape index (κ1) is 29.0. The van der Waals surface area contributed by atoms with Gasteiger partial charge in [0.2, 0.25) is 18.4 Å². The Labute approximate surface area is 259 Å². The summed E-state index contributed by atoms with van der Waals surface area (Å²) >= 11 is 0. The Kier molecular flexibility index (Phi) is 7.29. The smallest absolute Gasteiger partial charge is 0.310 e. The predicted molar refractivity (Wildman–Crippen MR) is 156 cm³/mol. The molecule has 3 amide bonds. The van der Waals surface area contributed by atoms with Crippen molar-refractivity contribution < 1.29 is 48.0 Å². The highest BCUT2D eigenvalue weighted by Crippen LogP contribution is 2.55. The lowest BCUT2D eigenvalue weighted by atomic mass is 9.65. The Morgan fingerprint density at radius 2 is 1.53 bits per heavy atom. The number of hydrogen-bond acceptors (Lipinski definition) is 10. The molecule has 45 heavy (non-hydrogen) atoms. The van der Waals surface area contributed by atoms with Crippen molar-refractivity contribution in [2.24, 2.45) is 23.7 Å². The van der Waals surface area contributed by atoms with E-state index >= 15 is 0 Å². The highest BCUT2D eigenvalue weighted by Gasteiger charge is 2.53. The molecule has 3 aliphatic heterocycles. The van der Waals surface area contributed by atoms with Gasteiger partial charge in [-0.3, -0.25) is 24.1 Å². The summed E-state index contributed by atoms with van der Waals surface area (Å²) in [4.78, 5) is 52.5. The average molecular weight is 619 g/mol. The van der Waals surface area contributed by atoms with Gasteiger partial charge in [-0.25, -0.2) is 0 Å². The van der Waals surface area contributed by atoms with E-state index < -0.39 is 17.9 Å². The van der Waals surface area contributed by atoms with Crippen molar-refractivity contribution in [3.63, 3.8) is 0 Å². The van der Waals surface area contributed by atoms with Crippen molar-refractivity contribution in [2.45, 2.75) is 37.6 Å². The van der Waals surface area contributed by atoms with Crippen LogP contribution in [0, 0.1) is 23.7 Å². The molecule has 5 aliphatic rings. The van der Waals surface area contributed by atoms with E-state index in [1.807, 2.05) is 12.1 Å². The third-order valence-corrected chi connectivity index (χ3v) is 9.90. The molecular weight excluding hydrogens is 584 g/mol. The number of phenolic OH excluding ortho intramolecular Hbond substituents is 1. The fourth-order valence-electron chi connectivity index (χ4n) is 7.59. The van der Waals surface area contributed by atoms with Crippen LogP contribution in [0.5, 0.6) is 28.7 Å². The number of esters is 1. The standard InChI is InChI=1S/C33H34N2O10/c1-41-24-9-18(10-25(42-2)31(24)38)28-19-11-22-23(45-15-44-22)12-20(19)30(21-14-43-33(40)29(21)28)34-32(39)17-5-3-16(4-6-17)13-35-26(36)7-8-27(35)37/h7-12,16-17,21,28-30,38H,3-6,13-15H2,1-2H3,(H,34,39)/t16?,17?,21-,28+,29?,30+/m0/s1. The van der Waals surface area contributed by atoms with Crippen LogP contribution in [0.4, 0.5) is 0 Å². The fourth-order valence-corrected chi connectivity index (χ4v) is 7.59. The average Bonchev–Trinajstić information content (AvgIpc) is 3.76. The molecule has 2 fully saturated rings. The van der Waals surface area contributed by atoms with Crippen molar-refractivity contribution >= 4 is 23.7 Å². The van der Waals surface area contributed by atoms with Gasteiger partial charge in [0, 0.05) is 36.5 Å². The predicted octanol–water partition coefficient (Wildman–Crippen LogP) is 2.96. The SMILES string of the molecule is COc1cc([C@@H]2c3cc4c(cc3[C@@H](NC(=O)C3CCC(CN5C(=O)C=CC5=O)CC3)[C@H]3COC(=O)C23)OCO4)cc(OC)c1O. The summed E-state index contributed by atoms with van der Waals surface area (Å²) in [5, 5.41) is 13.9. The van der Waals surface area contributed by atoms with Gasteiger partial charge in [0.05, 0.1) is 32.8 Å². The normalized spacial score (nSPS) is 28.0. The Balaban J connectivity index is 1.18. The molecular formula is C33H34N2O10. The molecule has 2 aliphatic carbocycles. The van der Waals surface area contributed by atoms with Gasteiger partial charge in [-0.1, -0.05) is 0 Å². The number of hydrogen-bond donors (Lipinski definition) is 2. The minimum atomic E-state index is -0.637. The molecule has 2 aromatic rings. The maximum Gasteiger partial charge on any atom is 0.310 e. The monoisotopic (exact) mass is 618 g/mol. The number of imide groups is 1. The van der Waals surface area contributed by atoms with Gasteiger partial charge in [-0.15, -0.1) is 0 Å². The zero-order valence-corrected chi connectivity index (χ0v) is 24.9. The number of rotatable bonds is 7. The summed E-state index contributed by atoms with van der Waals surface area (Å²) in [5.74, 6) is -1.34. The van der Waals surface area contributed by atoms with Gasteiger partial charge in [-0.05, 0) is 72.6 Å². The molecule has 0 bridgehead atoms. The number of carbonyl (C=O) groups excluding carboxylic acids is 4. The second-order valence-corrected chi connectivity index (χ2v) is 12.2. The molecule has 2 N–H and O–H groups in total. The first-order chi connectivity index (χ1) is 21.8. The first-order valence-corrected chi connectivity index (χ1v) is 15.2. The number of benzene rings is 2. The summed E-state index contributed by atoms with van der Waals surface area (Å²) in [5.41, 5.74) is 2.26. The molecule has 4 atom stereocenters. The number of ether oxygens (including phenoxy) is 5. The number of carbonyl (C=O) groups is 4. The van der Waals surface area contributed by atoms with Crippen LogP contribution in [-0.4, -0.2) is 67.9 Å². The minimum Gasteiger partial charge on any atom is -0.502 e. The Morgan fingerprint density at radius 1 is 0.911 bits per heavy atom. The molecule has 0 aromatic heterocycles. The Bertz CT molecular complexity index is 1570. The van der Waals surface area contributed by atoms with Crippen LogP contribution in [-0.2, 0) is 23.9 Å². The number of aromatic hydroxyl groups is 1. The molecule has 1 saturated heterocycles. The molecule has 12 heteroatoms. The lowest BCUT2D eigenvalue weighted by Crippen LogP contribution is -2.45. The topological polar surface area (TPSA) is 150 Å². The number of nitrogens with zero attached hydrogens (tertiary/aromatic N) is 1. The number of phenols is 1. The van der Waals surface area contributed by atoms with E-state index in [0.717, 1.165) is 24.0 Å². The van der Waals surface area contributed by atoms with Crippen LogP contribution in [0.1, 0.15) is 54.3 Å². The maximum absolute atomic E-state index is 13.8. The highest BCUT2D eigenvalue weighted by atomic mass is 16.7. The molecule has 1 unspecified atom stereocenters. The zero-order chi connectivity index (χ0) is 31.4. The fraction of sp³-hybridized carbons (Fsp3) is 0.455. The number of fused-ring (bicyclic) bond motifs is 3. The summed E-state index contributed by atoms with van der Waals surface area (Å²) < 4.78 is 27.9. The van der Waals surface area contributed by atoms with Gasteiger partial charge < -0.3 is 34.1 Å². The summed E-state index contributed by atoms with van der Waals surface area (Å²) in [6.45, 7) is 0.549. The van der Waals surface area contributed by atoms with E-state index in [4.69, 9.17) is 23.7 Å². The van der Waals surface area contributed by atoms with Crippen molar-refractivity contribution in [3.05, 3.63) is 53.1 Å². The maximum atomic E-state index is 13.8. The molecule has 7 rings (SSSR count). The summed E-state index contributed by atoms with van der Waals surface area (Å²) in [6.07, 6.45) is 5.27. The number of amides is 3. The zero-order valence-electron chi connectivity index (χ0n) is 24.9. The van der Waals surface area contributed by atoms with Gasteiger partial charge >= 0.3 is 5.97 Å². The van der Waals surface area contributed by atoms with Crippen LogP contribution in [0.3, 0.4) is 0 Å². The van der Waals surface area contributed by atoms with E-state index in [-0.39, 0.29) is 72.1 Å². The van der Waals surface area contributed by atoms with E-state index in [1.165, 1.54) is 31.3 Å². The van der Waals surface area contributed by atoms with Gasteiger partial charge in [-0.2, -0.15) is 0 Å². The molecule has 3 heterocycles. The van der Waals surface area contributed by atoms with E-state index in [0.29, 0.717) is 36.4 Å². The van der Waals surface area contributed by atoms with Crippen molar-refractivity contribution in [3.8, 4) is 28.7 Å². The van der Waals surface area contributed by atoms with Crippen LogP contribution in [0.25, 0.3) is 0 Å². The molecule has 0 radical (unpaired) electrons. The third kappa shape index (κ3) is 4.92. The Morgan fingerprint density at radius 3 is 2.16 bits per heavy atom. The van der Waals surface area contributed by atoms with Crippen LogP contribution < -0.4 is 24.3 Å². The molecule has 236 valence electrons. The van der Waals surface area contributed by atoms with Crippen LogP contribution >= 0.6 is 0 Å². The molecule has 1 saturated carbocycles. The van der Waals surface area contributed by atoms with E-state index in [9.17, 15) is 24.3 Å². The molecule has 2 aromatic carbocycles. The molecule has 12 nitrogen and oxygen atoms in total. The summed E-state index contributed by atoms with van der Waals surface area (Å²) in [6, 6.07) is 6.58. The second kappa shape index (κ2) is 11.3. The molecule has 0 spiro atoms.